The van der Waals surface area contributed by atoms with Gasteiger partial charge >= 0.3 is 0 Å². The van der Waals surface area contributed by atoms with Crippen molar-refractivity contribution in [1.82, 2.24) is 0 Å². The van der Waals surface area contributed by atoms with Gasteiger partial charge in [0.2, 0.25) is 0 Å². The van der Waals surface area contributed by atoms with E-state index in [1.54, 1.807) is 0 Å². The Balaban J connectivity index is 2.46. The summed E-state index contributed by atoms with van der Waals surface area (Å²) in [5, 5.41) is 0. The average molecular weight is 129 g/mol. The van der Waals surface area contributed by atoms with Gasteiger partial charge in [0.25, 0.3) is 0 Å². The standard InChI is InChI=1S/C7H15NO/c1-6(2)7(3-8)4-9-5-7/h6H,3-5,8H2,1-2H3. The third kappa shape index (κ3) is 0.970. The van der Waals surface area contributed by atoms with E-state index in [4.69, 9.17) is 10.5 Å². The summed E-state index contributed by atoms with van der Waals surface area (Å²) in [6.07, 6.45) is 0. The smallest absolute Gasteiger partial charge is 0.0559 e. The Morgan fingerprint density at radius 2 is 2.11 bits per heavy atom. The first kappa shape index (κ1) is 7.03. The van der Waals surface area contributed by atoms with E-state index in [-0.39, 0.29) is 0 Å². The second kappa shape index (κ2) is 2.27. The van der Waals surface area contributed by atoms with E-state index in [1.165, 1.54) is 0 Å². The molecule has 0 spiro atoms. The van der Waals surface area contributed by atoms with Crippen molar-refractivity contribution in [3.63, 3.8) is 0 Å². The fourth-order valence-electron chi connectivity index (χ4n) is 1.05. The zero-order valence-corrected chi connectivity index (χ0v) is 6.18. The van der Waals surface area contributed by atoms with Crippen LogP contribution in [-0.2, 0) is 4.74 Å². The second-order valence-corrected chi connectivity index (χ2v) is 3.21. The minimum absolute atomic E-state index is 0.319. The summed E-state index contributed by atoms with van der Waals surface area (Å²) in [5.74, 6) is 0.663. The Bertz CT molecular complexity index is 91.6. The lowest BCUT2D eigenvalue weighted by molar-refractivity contribution is -0.132. The maximum absolute atomic E-state index is 5.59. The lowest BCUT2D eigenvalue weighted by Crippen LogP contribution is -2.51. The van der Waals surface area contributed by atoms with E-state index in [0.29, 0.717) is 11.3 Å². The molecule has 2 nitrogen and oxygen atoms in total. The Hall–Kier alpha value is -0.0800. The Labute approximate surface area is 56.4 Å². The van der Waals surface area contributed by atoms with Crippen LogP contribution >= 0.6 is 0 Å². The zero-order valence-electron chi connectivity index (χ0n) is 6.18. The topological polar surface area (TPSA) is 35.2 Å². The van der Waals surface area contributed by atoms with E-state index in [1.807, 2.05) is 0 Å². The molecule has 1 aliphatic rings. The van der Waals surface area contributed by atoms with Crippen molar-refractivity contribution in [2.75, 3.05) is 19.8 Å². The van der Waals surface area contributed by atoms with Crippen LogP contribution in [0.15, 0.2) is 0 Å². The fourth-order valence-corrected chi connectivity index (χ4v) is 1.05. The first-order chi connectivity index (χ1) is 4.21. The predicted octanol–water partition coefficient (Wildman–Crippen LogP) is 0.618. The lowest BCUT2D eigenvalue weighted by Gasteiger charge is -2.43. The quantitative estimate of drug-likeness (QED) is 0.593. The first-order valence-corrected chi connectivity index (χ1v) is 3.49. The number of ether oxygens (including phenoxy) is 1. The van der Waals surface area contributed by atoms with Crippen molar-refractivity contribution in [3.8, 4) is 0 Å². The molecule has 0 saturated carbocycles. The lowest BCUT2D eigenvalue weighted by atomic mass is 9.76. The molecule has 0 amide bonds. The van der Waals surface area contributed by atoms with Crippen LogP contribution in [-0.4, -0.2) is 19.8 Å². The zero-order chi connectivity index (χ0) is 6.91. The van der Waals surface area contributed by atoms with Gasteiger partial charge in [0, 0.05) is 12.0 Å². The summed E-state index contributed by atoms with van der Waals surface area (Å²) < 4.78 is 5.11. The molecule has 2 heteroatoms. The van der Waals surface area contributed by atoms with Gasteiger partial charge in [-0.05, 0) is 5.92 Å². The highest BCUT2D eigenvalue weighted by Crippen LogP contribution is 2.33. The third-order valence-corrected chi connectivity index (χ3v) is 2.41. The molecule has 1 fully saturated rings. The normalized spacial score (nSPS) is 24.0. The van der Waals surface area contributed by atoms with Gasteiger partial charge in [-0.2, -0.15) is 0 Å². The summed E-state index contributed by atoms with van der Waals surface area (Å²) in [6.45, 7) is 6.90. The van der Waals surface area contributed by atoms with Crippen molar-refractivity contribution in [3.05, 3.63) is 0 Å². The van der Waals surface area contributed by atoms with E-state index in [0.717, 1.165) is 19.8 Å². The summed E-state index contributed by atoms with van der Waals surface area (Å²) >= 11 is 0. The molecule has 2 N–H and O–H groups in total. The van der Waals surface area contributed by atoms with Gasteiger partial charge in [-0.15, -0.1) is 0 Å². The van der Waals surface area contributed by atoms with Gasteiger partial charge in [0.15, 0.2) is 0 Å². The average Bonchev–Trinajstić information content (AvgIpc) is 1.62. The molecule has 1 saturated heterocycles. The van der Waals surface area contributed by atoms with Crippen LogP contribution < -0.4 is 5.73 Å². The molecule has 0 bridgehead atoms. The van der Waals surface area contributed by atoms with Gasteiger partial charge in [0.1, 0.15) is 0 Å². The van der Waals surface area contributed by atoms with Gasteiger partial charge in [0.05, 0.1) is 13.2 Å². The van der Waals surface area contributed by atoms with Crippen molar-refractivity contribution in [2.24, 2.45) is 17.1 Å². The fraction of sp³-hybridized carbons (Fsp3) is 1.00. The van der Waals surface area contributed by atoms with Crippen LogP contribution in [0.1, 0.15) is 13.8 Å². The highest BCUT2D eigenvalue weighted by atomic mass is 16.5. The molecule has 0 aromatic rings. The van der Waals surface area contributed by atoms with E-state index in [9.17, 15) is 0 Å². The Morgan fingerprint density at radius 1 is 1.56 bits per heavy atom. The van der Waals surface area contributed by atoms with Gasteiger partial charge < -0.3 is 10.5 Å². The highest BCUT2D eigenvalue weighted by Gasteiger charge is 2.39. The van der Waals surface area contributed by atoms with Crippen LogP contribution in [0, 0.1) is 11.3 Å². The van der Waals surface area contributed by atoms with Crippen molar-refractivity contribution in [1.29, 1.82) is 0 Å². The summed E-state index contributed by atoms with van der Waals surface area (Å²) in [7, 11) is 0. The van der Waals surface area contributed by atoms with Crippen LogP contribution in [0.2, 0.25) is 0 Å². The molecule has 0 atom stereocenters. The van der Waals surface area contributed by atoms with Crippen LogP contribution in [0.3, 0.4) is 0 Å². The van der Waals surface area contributed by atoms with Crippen LogP contribution in [0.25, 0.3) is 0 Å². The summed E-state index contributed by atoms with van der Waals surface area (Å²) in [5.41, 5.74) is 5.91. The van der Waals surface area contributed by atoms with Crippen LogP contribution in [0.4, 0.5) is 0 Å². The van der Waals surface area contributed by atoms with Crippen LogP contribution in [0.5, 0.6) is 0 Å². The van der Waals surface area contributed by atoms with E-state index >= 15 is 0 Å². The third-order valence-electron chi connectivity index (χ3n) is 2.41. The minimum Gasteiger partial charge on any atom is -0.380 e. The molecule has 0 aromatic heterocycles. The van der Waals surface area contributed by atoms with E-state index < -0.39 is 0 Å². The maximum Gasteiger partial charge on any atom is 0.0559 e. The van der Waals surface area contributed by atoms with Crippen molar-refractivity contribution in [2.45, 2.75) is 13.8 Å². The number of hydrogen-bond acceptors (Lipinski definition) is 2. The molecule has 0 aliphatic carbocycles. The molecule has 0 radical (unpaired) electrons. The number of nitrogens with two attached hydrogens (primary N) is 1. The number of rotatable bonds is 2. The Morgan fingerprint density at radius 3 is 2.11 bits per heavy atom. The largest absolute Gasteiger partial charge is 0.380 e. The van der Waals surface area contributed by atoms with Gasteiger partial charge in [-0.1, -0.05) is 13.8 Å². The Kier molecular flexibility index (Phi) is 1.78. The molecular weight excluding hydrogens is 114 g/mol. The SMILES string of the molecule is CC(C)C1(CN)COC1. The highest BCUT2D eigenvalue weighted by molar-refractivity contribution is 4.88. The molecule has 54 valence electrons. The molecule has 0 unspecified atom stereocenters. The molecular formula is C7H15NO. The molecule has 0 aromatic carbocycles. The molecule has 1 rings (SSSR count). The monoisotopic (exact) mass is 129 g/mol. The van der Waals surface area contributed by atoms with Gasteiger partial charge in [-0.25, -0.2) is 0 Å². The first-order valence-electron chi connectivity index (χ1n) is 3.49. The molecule has 1 aliphatic heterocycles. The van der Waals surface area contributed by atoms with Crippen molar-refractivity contribution >= 4 is 0 Å². The predicted molar refractivity (Wildman–Crippen MR) is 37.1 cm³/mol. The summed E-state index contributed by atoms with van der Waals surface area (Å²) in [4.78, 5) is 0. The minimum atomic E-state index is 0.319. The molecule has 1 heterocycles. The van der Waals surface area contributed by atoms with E-state index in [2.05, 4.69) is 13.8 Å². The number of hydrogen-bond donors (Lipinski definition) is 1. The molecule has 9 heavy (non-hydrogen) atoms. The second-order valence-electron chi connectivity index (χ2n) is 3.21. The van der Waals surface area contributed by atoms with Gasteiger partial charge in [-0.3, -0.25) is 0 Å². The maximum atomic E-state index is 5.59. The van der Waals surface area contributed by atoms with Crippen molar-refractivity contribution < 1.29 is 4.74 Å². The summed E-state index contributed by atoms with van der Waals surface area (Å²) in [6, 6.07) is 0.